The number of ether oxygens (including phenoxy) is 3. The van der Waals surface area contributed by atoms with Crippen LogP contribution in [0.25, 0.3) is 16.4 Å². The predicted molar refractivity (Wildman–Crippen MR) is 128 cm³/mol. The standard InChI is InChI=1S/C25H23ClN2O6/c1-27(2)25(31)34-19-12-16(15-32-10-11-33-18-7-5-6-17(26)13-18)23-22(24(29)30)20-8-3-4-9-21(20)28(23)14-19/h3-9,12-14H,10-11,15H2,1-2H3,(H,29,30). The SMILES string of the molecule is CN(C)C(=O)Oc1cc(COCCOc2cccc(Cl)c2)c2c(C(=O)O)c3ccccc3n2c1. The van der Waals surface area contributed by atoms with Crippen molar-refractivity contribution >= 4 is 40.1 Å². The summed E-state index contributed by atoms with van der Waals surface area (Å²) in [6.07, 6.45) is 1.06. The second-order valence-electron chi connectivity index (χ2n) is 7.74. The molecule has 1 amide bonds. The van der Waals surface area contributed by atoms with Crippen molar-refractivity contribution in [1.82, 2.24) is 9.30 Å². The first-order valence-electron chi connectivity index (χ1n) is 10.5. The van der Waals surface area contributed by atoms with Crippen LogP contribution >= 0.6 is 11.6 Å². The van der Waals surface area contributed by atoms with Gasteiger partial charge in [-0.15, -0.1) is 0 Å². The number of para-hydroxylation sites is 1. The lowest BCUT2D eigenvalue weighted by molar-refractivity contribution is 0.0700. The molecule has 0 atom stereocenters. The molecular formula is C25H23ClN2O6. The molecule has 4 aromatic rings. The number of carboxylic acid groups (broad SMARTS) is 1. The van der Waals surface area contributed by atoms with Crippen LogP contribution in [0.4, 0.5) is 4.79 Å². The molecule has 2 aromatic carbocycles. The highest BCUT2D eigenvalue weighted by atomic mass is 35.5. The average molecular weight is 483 g/mol. The number of carboxylic acids is 1. The molecule has 0 unspecified atom stereocenters. The quantitative estimate of drug-likeness (QED) is 0.351. The molecule has 4 rings (SSSR count). The van der Waals surface area contributed by atoms with Gasteiger partial charge in [0.05, 0.1) is 36.0 Å². The first-order valence-corrected chi connectivity index (χ1v) is 10.9. The van der Waals surface area contributed by atoms with Crippen molar-refractivity contribution in [2.75, 3.05) is 27.3 Å². The first kappa shape index (κ1) is 23.4. The Labute approximate surface area is 200 Å². The topological polar surface area (TPSA) is 89.7 Å². The Bertz CT molecular complexity index is 1360. The van der Waals surface area contributed by atoms with Gasteiger partial charge in [-0.1, -0.05) is 35.9 Å². The van der Waals surface area contributed by atoms with Gasteiger partial charge in [0.15, 0.2) is 0 Å². The van der Waals surface area contributed by atoms with E-state index in [1.54, 1.807) is 67.2 Å². The van der Waals surface area contributed by atoms with E-state index >= 15 is 0 Å². The molecule has 176 valence electrons. The van der Waals surface area contributed by atoms with Crippen molar-refractivity contribution < 1.29 is 28.9 Å². The van der Waals surface area contributed by atoms with Crippen LogP contribution < -0.4 is 9.47 Å². The van der Waals surface area contributed by atoms with Gasteiger partial charge in [-0.05, 0) is 30.3 Å². The number of aromatic carboxylic acids is 1. The van der Waals surface area contributed by atoms with E-state index in [1.165, 1.54) is 4.90 Å². The number of nitrogens with zero attached hydrogens (tertiary/aromatic N) is 2. The minimum atomic E-state index is -1.05. The minimum absolute atomic E-state index is 0.0896. The normalized spacial score (nSPS) is 11.0. The number of hydrogen-bond acceptors (Lipinski definition) is 5. The van der Waals surface area contributed by atoms with Crippen LogP contribution in [-0.4, -0.2) is 53.8 Å². The molecule has 8 nitrogen and oxygen atoms in total. The molecule has 0 fully saturated rings. The third-order valence-corrected chi connectivity index (χ3v) is 5.36. The van der Waals surface area contributed by atoms with Crippen LogP contribution in [0.5, 0.6) is 11.5 Å². The summed E-state index contributed by atoms with van der Waals surface area (Å²) in [5.41, 5.74) is 1.90. The Morgan fingerprint density at radius 3 is 2.56 bits per heavy atom. The third kappa shape index (κ3) is 4.93. The maximum absolute atomic E-state index is 12.2. The zero-order valence-corrected chi connectivity index (χ0v) is 19.4. The fourth-order valence-corrected chi connectivity index (χ4v) is 3.83. The van der Waals surface area contributed by atoms with Gasteiger partial charge >= 0.3 is 12.1 Å². The Balaban J connectivity index is 1.64. The summed E-state index contributed by atoms with van der Waals surface area (Å²) in [7, 11) is 3.16. The van der Waals surface area contributed by atoms with E-state index in [0.717, 1.165) is 0 Å². The van der Waals surface area contributed by atoms with E-state index in [-0.39, 0.29) is 31.1 Å². The third-order valence-electron chi connectivity index (χ3n) is 5.12. The predicted octanol–water partition coefficient (Wildman–Crippen LogP) is 5.10. The Morgan fingerprint density at radius 2 is 1.82 bits per heavy atom. The van der Waals surface area contributed by atoms with Gasteiger partial charge in [0.1, 0.15) is 18.1 Å². The second-order valence-corrected chi connectivity index (χ2v) is 8.17. The Morgan fingerprint density at radius 1 is 1.03 bits per heavy atom. The van der Waals surface area contributed by atoms with Gasteiger partial charge in [-0.25, -0.2) is 9.59 Å². The maximum Gasteiger partial charge on any atom is 0.414 e. The number of carbonyl (C=O) groups is 2. The van der Waals surface area contributed by atoms with Crippen LogP contribution in [0.1, 0.15) is 15.9 Å². The summed E-state index contributed by atoms with van der Waals surface area (Å²) >= 11 is 5.96. The van der Waals surface area contributed by atoms with Gasteiger partial charge in [-0.3, -0.25) is 0 Å². The minimum Gasteiger partial charge on any atom is -0.491 e. The van der Waals surface area contributed by atoms with Crippen molar-refractivity contribution in [2.45, 2.75) is 6.61 Å². The zero-order valence-electron chi connectivity index (χ0n) is 18.7. The number of amides is 1. The number of pyridine rings is 1. The van der Waals surface area contributed by atoms with Crippen LogP contribution in [-0.2, 0) is 11.3 Å². The largest absolute Gasteiger partial charge is 0.491 e. The molecule has 9 heteroatoms. The summed E-state index contributed by atoms with van der Waals surface area (Å²) < 4.78 is 18.6. The Kier molecular flexibility index (Phi) is 6.90. The molecule has 1 N–H and O–H groups in total. The molecule has 0 aliphatic heterocycles. The molecule has 0 spiro atoms. The van der Waals surface area contributed by atoms with E-state index < -0.39 is 12.1 Å². The molecule has 2 aromatic heterocycles. The molecule has 0 aliphatic carbocycles. The van der Waals surface area contributed by atoms with Gasteiger partial charge < -0.3 is 28.6 Å². The fraction of sp³-hybridized carbons (Fsp3) is 0.200. The zero-order chi connectivity index (χ0) is 24.2. The number of carbonyl (C=O) groups excluding carboxylic acids is 1. The van der Waals surface area contributed by atoms with Gasteiger partial charge in [0.25, 0.3) is 0 Å². The van der Waals surface area contributed by atoms with Crippen LogP contribution in [0.2, 0.25) is 5.02 Å². The van der Waals surface area contributed by atoms with Crippen molar-refractivity contribution in [3.05, 3.63) is 76.9 Å². The molecule has 0 saturated heterocycles. The van der Waals surface area contributed by atoms with E-state index in [2.05, 4.69) is 0 Å². The first-order chi connectivity index (χ1) is 16.3. The van der Waals surface area contributed by atoms with Gasteiger partial charge in [0.2, 0.25) is 0 Å². The number of halogens is 1. The number of hydrogen-bond donors (Lipinski definition) is 1. The highest BCUT2D eigenvalue weighted by Crippen LogP contribution is 2.32. The summed E-state index contributed by atoms with van der Waals surface area (Å²) in [4.78, 5) is 25.6. The van der Waals surface area contributed by atoms with Crippen molar-refractivity contribution in [3.63, 3.8) is 0 Å². The summed E-state index contributed by atoms with van der Waals surface area (Å²) in [5.74, 6) is -0.151. The van der Waals surface area contributed by atoms with E-state index in [0.29, 0.717) is 32.8 Å². The smallest absolute Gasteiger partial charge is 0.414 e. The highest BCUT2D eigenvalue weighted by Gasteiger charge is 2.22. The number of fused-ring (bicyclic) bond motifs is 3. The molecule has 34 heavy (non-hydrogen) atoms. The number of aromatic nitrogens is 1. The lowest BCUT2D eigenvalue weighted by Gasteiger charge is -2.14. The molecule has 0 aliphatic rings. The molecule has 2 heterocycles. The summed E-state index contributed by atoms with van der Waals surface area (Å²) in [5, 5.41) is 11.1. The second kappa shape index (κ2) is 10.0. The van der Waals surface area contributed by atoms with Gasteiger partial charge in [-0.2, -0.15) is 0 Å². The summed E-state index contributed by atoms with van der Waals surface area (Å²) in [6.45, 7) is 0.621. The number of benzene rings is 2. The molecular weight excluding hydrogens is 460 g/mol. The highest BCUT2D eigenvalue weighted by molar-refractivity contribution is 6.30. The van der Waals surface area contributed by atoms with Crippen molar-refractivity contribution in [2.24, 2.45) is 0 Å². The summed E-state index contributed by atoms with van der Waals surface area (Å²) in [6, 6.07) is 15.8. The van der Waals surface area contributed by atoms with Crippen molar-refractivity contribution in [1.29, 1.82) is 0 Å². The van der Waals surface area contributed by atoms with E-state index in [4.69, 9.17) is 25.8 Å². The lowest BCUT2D eigenvalue weighted by atomic mass is 10.1. The number of rotatable bonds is 8. The van der Waals surface area contributed by atoms with Crippen LogP contribution in [0, 0.1) is 0 Å². The van der Waals surface area contributed by atoms with Crippen LogP contribution in [0.3, 0.4) is 0 Å². The molecule has 0 bridgehead atoms. The Hall–Kier alpha value is -3.75. The molecule has 0 radical (unpaired) electrons. The fourth-order valence-electron chi connectivity index (χ4n) is 3.65. The average Bonchev–Trinajstić information content (AvgIpc) is 3.13. The van der Waals surface area contributed by atoms with Crippen LogP contribution in [0.15, 0.2) is 60.8 Å². The van der Waals surface area contributed by atoms with Gasteiger partial charge in [0, 0.05) is 30.1 Å². The lowest BCUT2D eigenvalue weighted by Crippen LogP contribution is -2.25. The van der Waals surface area contributed by atoms with E-state index in [1.807, 2.05) is 12.1 Å². The molecule has 0 saturated carbocycles. The monoisotopic (exact) mass is 482 g/mol. The van der Waals surface area contributed by atoms with E-state index in [9.17, 15) is 14.7 Å². The van der Waals surface area contributed by atoms with Crippen molar-refractivity contribution in [3.8, 4) is 11.5 Å². The maximum atomic E-state index is 12.2.